The minimum absolute atomic E-state index is 0.0491. The number of hydrogen-bond donors (Lipinski definition) is 0. The highest BCUT2D eigenvalue weighted by atomic mass is 35.5. The molecule has 4 bridgehead atoms. The molecule has 0 N–H and O–H groups in total. The van der Waals surface area contributed by atoms with Crippen LogP contribution in [-0.2, 0) is 12.6 Å². The highest BCUT2D eigenvalue weighted by molar-refractivity contribution is 6.28. The summed E-state index contributed by atoms with van der Waals surface area (Å²) < 4.78 is 3.47. The Balaban J connectivity index is 1.74. The largest absolute Gasteiger partial charge is 0.330 e. The van der Waals surface area contributed by atoms with Gasteiger partial charge >= 0.3 is 5.69 Å². The standard InChI is InChI=1S/C16H16ClN5O/c1-21-12-7-19-14(17)20-13(12)22(15(21)23)16-3-8-2-9(4-16)11(6-18)10(8)5-16/h7-11H,2-5H2,1H3. The van der Waals surface area contributed by atoms with Crippen LogP contribution in [0.2, 0.25) is 5.28 Å². The average molecular weight is 330 g/mol. The van der Waals surface area contributed by atoms with Crippen molar-refractivity contribution >= 4 is 22.8 Å². The van der Waals surface area contributed by atoms with Crippen molar-refractivity contribution in [3.05, 3.63) is 22.0 Å². The Kier molecular flexibility index (Phi) is 2.45. The minimum atomic E-state index is -0.195. The zero-order valence-corrected chi connectivity index (χ0v) is 13.5. The third-order valence-electron chi connectivity index (χ3n) is 6.48. The SMILES string of the molecule is Cn1c(=O)n(C23CC4CC(C2)C(C3)C4C#N)c2nc(Cl)ncc21. The summed E-state index contributed by atoms with van der Waals surface area (Å²) in [4.78, 5) is 21.3. The molecule has 4 aliphatic carbocycles. The quantitative estimate of drug-likeness (QED) is 0.750. The summed E-state index contributed by atoms with van der Waals surface area (Å²) in [6.07, 6.45) is 5.55. The molecule has 2 aromatic heterocycles. The molecular weight excluding hydrogens is 314 g/mol. The van der Waals surface area contributed by atoms with Gasteiger partial charge in [0.05, 0.1) is 23.7 Å². The molecule has 0 aromatic carbocycles. The number of nitriles is 1. The van der Waals surface area contributed by atoms with Gasteiger partial charge in [0.2, 0.25) is 5.28 Å². The molecule has 0 aliphatic heterocycles. The maximum atomic E-state index is 12.9. The van der Waals surface area contributed by atoms with Crippen LogP contribution in [0.5, 0.6) is 0 Å². The maximum absolute atomic E-state index is 12.9. The lowest BCUT2D eigenvalue weighted by molar-refractivity contribution is 0.128. The number of nitrogens with zero attached hydrogens (tertiary/aromatic N) is 5. The number of aryl methyl sites for hydroxylation is 1. The van der Waals surface area contributed by atoms with Crippen molar-refractivity contribution < 1.29 is 0 Å². The van der Waals surface area contributed by atoms with Gasteiger partial charge in [-0.2, -0.15) is 10.2 Å². The van der Waals surface area contributed by atoms with E-state index in [2.05, 4.69) is 16.0 Å². The molecule has 6 nitrogen and oxygen atoms in total. The van der Waals surface area contributed by atoms with Crippen LogP contribution in [0.3, 0.4) is 0 Å². The lowest BCUT2D eigenvalue weighted by Crippen LogP contribution is -2.45. The van der Waals surface area contributed by atoms with Gasteiger partial charge in [-0.3, -0.25) is 9.13 Å². The molecule has 23 heavy (non-hydrogen) atoms. The molecule has 2 heterocycles. The van der Waals surface area contributed by atoms with E-state index in [1.807, 2.05) is 4.57 Å². The van der Waals surface area contributed by atoms with Crippen LogP contribution in [0.4, 0.5) is 0 Å². The van der Waals surface area contributed by atoms with Crippen LogP contribution in [0, 0.1) is 35.0 Å². The second-order valence-corrected chi connectivity index (χ2v) is 7.77. The summed E-state index contributed by atoms with van der Waals surface area (Å²) in [7, 11) is 1.75. The van der Waals surface area contributed by atoms with E-state index in [4.69, 9.17) is 11.6 Å². The van der Waals surface area contributed by atoms with Gasteiger partial charge in [0.1, 0.15) is 5.52 Å². The van der Waals surface area contributed by atoms with E-state index >= 15 is 0 Å². The van der Waals surface area contributed by atoms with Crippen molar-refractivity contribution in [2.45, 2.75) is 31.2 Å². The van der Waals surface area contributed by atoms with E-state index in [0.717, 1.165) is 25.7 Å². The summed E-state index contributed by atoms with van der Waals surface area (Å²) >= 11 is 5.98. The van der Waals surface area contributed by atoms with E-state index in [0.29, 0.717) is 28.9 Å². The van der Waals surface area contributed by atoms with Crippen molar-refractivity contribution in [2.24, 2.45) is 30.7 Å². The lowest BCUT2D eigenvalue weighted by atomic mass is 9.71. The Morgan fingerprint density at radius 3 is 2.91 bits per heavy atom. The first-order chi connectivity index (χ1) is 11.0. The van der Waals surface area contributed by atoms with Crippen molar-refractivity contribution in [3.8, 4) is 6.07 Å². The number of imidazole rings is 1. The number of fused-ring (bicyclic) bond motifs is 1. The van der Waals surface area contributed by atoms with Crippen molar-refractivity contribution in [1.29, 1.82) is 5.26 Å². The fourth-order valence-corrected chi connectivity index (χ4v) is 5.88. The first-order valence-electron chi connectivity index (χ1n) is 8.04. The zero-order chi connectivity index (χ0) is 15.9. The van der Waals surface area contributed by atoms with Gasteiger partial charge in [0.15, 0.2) is 5.65 Å². The fraction of sp³-hybridized carbons (Fsp3) is 0.625. The molecule has 4 saturated carbocycles. The van der Waals surface area contributed by atoms with Gasteiger partial charge in [-0.05, 0) is 55.0 Å². The van der Waals surface area contributed by atoms with E-state index < -0.39 is 0 Å². The Morgan fingerprint density at radius 2 is 2.17 bits per heavy atom. The second-order valence-electron chi connectivity index (χ2n) is 7.44. The van der Waals surface area contributed by atoms with Crippen molar-refractivity contribution in [3.63, 3.8) is 0 Å². The first-order valence-corrected chi connectivity index (χ1v) is 8.42. The second kappa shape index (κ2) is 4.15. The van der Waals surface area contributed by atoms with Gasteiger partial charge in [-0.25, -0.2) is 9.78 Å². The molecule has 0 radical (unpaired) electrons. The number of halogens is 1. The summed E-state index contributed by atoms with van der Waals surface area (Å²) in [5.41, 5.74) is 1.10. The van der Waals surface area contributed by atoms with Crippen LogP contribution in [0.25, 0.3) is 11.2 Å². The smallest absolute Gasteiger partial charge is 0.292 e. The molecular formula is C16H16ClN5O. The van der Waals surface area contributed by atoms with Crippen LogP contribution in [0.15, 0.2) is 11.0 Å². The van der Waals surface area contributed by atoms with Crippen molar-refractivity contribution in [1.82, 2.24) is 19.1 Å². The van der Waals surface area contributed by atoms with Gasteiger partial charge in [0.25, 0.3) is 0 Å². The lowest BCUT2D eigenvalue weighted by Gasteiger charge is -2.40. The molecule has 5 unspecified atom stereocenters. The topological polar surface area (TPSA) is 76.5 Å². The minimum Gasteiger partial charge on any atom is -0.292 e. The third kappa shape index (κ3) is 1.51. The molecule has 4 aliphatic rings. The van der Waals surface area contributed by atoms with Crippen LogP contribution < -0.4 is 5.69 Å². The van der Waals surface area contributed by atoms with Gasteiger partial charge < -0.3 is 0 Å². The van der Waals surface area contributed by atoms with Gasteiger partial charge in [-0.1, -0.05) is 0 Å². The van der Waals surface area contributed by atoms with Crippen LogP contribution >= 0.6 is 11.6 Å². The summed E-state index contributed by atoms with van der Waals surface area (Å²) in [6, 6.07) is 2.52. The Hall–Kier alpha value is -1.87. The molecule has 118 valence electrons. The molecule has 0 spiro atoms. The number of rotatable bonds is 1. The number of aromatic nitrogens is 4. The summed E-state index contributed by atoms with van der Waals surface area (Å²) in [5.74, 6) is 1.58. The Labute approximate surface area is 137 Å². The zero-order valence-electron chi connectivity index (χ0n) is 12.7. The molecule has 2 aromatic rings. The Bertz CT molecular complexity index is 936. The fourth-order valence-electron chi connectivity index (χ4n) is 5.75. The molecule has 0 amide bonds. The molecule has 0 saturated heterocycles. The van der Waals surface area contributed by atoms with E-state index in [9.17, 15) is 10.1 Å². The monoisotopic (exact) mass is 329 g/mol. The maximum Gasteiger partial charge on any atom is 0.330 e. The summed E-state index contributed by atoms with van der Waals surface area (Å²) in [5, 5.41) is 9.63. The van der Waals surface area contributed by atoms with Crippen LogP contribution in [-0.4, -0.2) is 19.1 Å². The Morgan fingerprint density at radius 1 is 1.39 bits per heavy atom. The third-order valence-corrected chi connectivity index (χ3v) is 6.66. The summed E-state index contributed by atoms with van der Waals surface area (Å²) in [6.45, 7) is 0. The van der Waals surface area contributed by atoms with E-state index in [1.165, 1.54) is 0 Å². The van der Waals surface area contributed by atoms with Gasteiger partial charge in [0, 0.05) is 7.05 Å². The predicted octanol–water partition coefficient (Wildman–Crippen LogP) is 2.07. The molecule has 6 rings (SSSR count). The highest BCUT2D eigenvalue weighted by Gasteiger charge is 2.62. The first kappa shape index (κ1) is 13.6. The number of hydrogen-bond acceptors (Lipinski definition) is 4. The van der Waals surface area contributed by atoms with Gasteiger partial charge in [-0.15, -0.1) is 0 Å². The van der Waals surface area contributed by atoms with E-state index in [-0.39, 0.29) is 22.4 Å². The highest BCUT2D eigenvalue weighted by Crippen LogP contribution is 2.65. The average Bonchev–Trinajstić information content (AvgIpc) is 3.02. The molecule has 7 heteroatoms. The normalized spacial score (nSPS) is 37.6. The molecule has 5 atom stereocenters. The van der Waals surface area contributed by atoms with E-state index in [1.54, 1.807) is 17.8 Å². The van der Waals surface area contributed by atoms with Crippen LogP contribution in [0.1, 0.15) is 25.7 Å². The predicted molar refractivity (Wildman–Crippen MR) is 83.8 cm³/mol. The molecule has 4 fully saturated rings. The van der Waals surface area contributed by atoms with Crippen molar-refractivity contribution in [2.75, 3.05) is 0 Å².